The summed E-state index contributed by atoms with van der Waals surface area (Å²) >= 11 is 0. The highest BCUT2D eigenvalue weighted by atomic mass is 16.6. The average molecular weight is 544 g/mol. The van der Waals surface area contributed by atoms with Gasteiger partial charge in [-0.3, -0.25) is 4.79 Å². The van der Waals surface area contributed by atoms with Crippen molar-refractivity contribution in [1.82, 2.24) is 5.32 Å². The fourth-order valence-corrected chi connectivity index (χ4v) is 2.33. The second-order valence-electron chi connectivity index (χ2n) is 6.90. The summed E-state index contributed by atoms with van der Waals surface area (Å²) in [4.78, 5) is 20.5. The fraction of sp³-hybridized carbons (Fsp3) is 0.920. The van der Waals surface area contributed by atoms with Crippen LogP contribution in [-0.2, 0) is 38.0 Å². The van der Waals surface area contributed by atoms with Crippen molar-refractivity contribution in [3.05, 3.63) is 0 Å². The number of rotatable bonds is 27. The van der Waals surface area contributed by atoms with Gasteiger partial charge in [0.15, 0.2) is 0 Å². The molecule has 0 aromatic heterocycles. The van der Waals surface area contributed by atoms with Crippen LogP contribution < -0.4 is 5.32 Å². The van der Waals surface area contributed by atoms with Crippen LogP contribution in [-0.4, -0.2) is 132 Å². The van der Waals surface area contributed by atoms with Crippen LogP contribution in [0.4, 0.5) is 0 Å². The Hall–Kier alpha value is -1.22. The number of aliphatic hydroxyl groups is 2. The van der Waals surface area contributed by atoms with Gasteiger partial charge in [0.25, 0.3) is 0 Å². The lowest BCUT2D eigenvalue weighted by Gasteiger charge is -2.17. The molecule has 0 fully saturated rings. The van der Waals surface area contributed by atoms with Gasteiger partial charge in [0, 0.05) is 25.9 Å². The maximum Gasteiger partial charge on any atom is 0.303 e. The Morgan fingerprint density at radius 3 is 1.43 bits per heavy atom. The van der Waals surface area contributed by atoms with Crippen molar-refractivity contribution in [1.29, 1.82) is 0 Å². The molecule has 0 saturated carbocycles. The van der Waals surface area contributed by atoms with Crippen LogP contribution in [0.5, 0.6) is 0 Å². The minimum atomic E-state index is -1.07. The summed E-state index contributed by atoms with van der Waals surface area (Å²) in [5.74, 6) is -1.00. The number of carboxylic acid groups (broad SMARTS) is 1. The highest BCUT2D eigenvalue weighted by Crippen LogP contribution is 2.02. The molecule has 224 valence electrons. The van der Waals surface area contributed by atoms with E-state index < -0.39 is 18.2 Å². The first-order chi connectivity index (χ1) is 18.1. The van der Waals surface area contributed by atoms with Crippen LogP contribution in [0.25, 0.3) is 0 Å². The molecule has 0 bridgehead atoms. The molecule has 2 atom stereocenters. The van der Waals surface area contributed by atoms with Gasteiger partial charge >= 0.3 is 5.97 Å². The third-order valence-electron chi connectivity index (χ3n) is 4.11. The first-order valence-electron chi connectivity index (χ1n) is 13.3. The number of aliphatic carboxylic acids is 1. The van der Waals surface area contributed by atoms with E-state index in [-0.39, 0.29) is 19.4 Å². The Morgan fingerprint density at radius 1 is 0.676 bits per heavy atom. The van der Waals surface area contributed by atoms with Crippen molar-refractivity contribution in [2.24, 2.45) is 0 Å². The summed E-state index contributed by atoms with van der Waals surface area (Å²) in [6.45, 7) is 14.1. The molecule has 37 heavy (non-hydrogen) atoms. The molecule has 0 aromatic carbocycles. The van der Waals surface area contributed by atoms with Crippen LogP contribution in [0.15, 0.2) is 0 Å². The molecule has 0 spiro atoms. The first-order valence-corrected chi connectivity index (χ1v) is 13.3. The predicted octanol–water partition coefficient (Wildman–Crippen LogP) is 0.904. The highest BCUT2D eigenvalue weighted by molar-refractivity contribution is 5.66. The molecule has 0 amide bonds. The van der Waals surface area contributed by atoms with Gasteiger partial charge in [-0.15, -0.1) is 0 Å². The van der Waals surface area contributed by atoms with Crippen LogP contribution in [0.3, 0.4) is 0 Å². The van der Waals surface area contributed by atoms with E-state index in [0.717, 1.165) is 6.29 Å². The van der Waals surface area contributed by atoms with Crippen molar-refractivity contribution in [2.45, 2.75) is 59.2 Å². The molecule has 0 heterocycles. The number of nitrogens with one attached hydrogen (secondary N) is 1. The molecule has 2 unspecified atom stereocenters. The monoisotopic (exact) mass is 543 g/mol. The quantitative estimate of drug-likeness (QED) is 0.0857. The number of ether oxygens (including phenoxy) is 6. The van der Waals surface area contributed by atoms with Crippen molar-refractivity contribution in [3.8, 4) is 0 Å². The van der Waals surface area contributed by atoms with Crippen molar-refractivity contribution < 1.29 is 53.3 Å². The first kappa shape index (κ1) is 40.3. The molecule has 0 radical (unpaired) electrons. The molecule has 0 aliphatic carbocycles. The molecule has 0 rings (SSSR count). The summed E-state index contributed by atoms with van der Waals surface area (Å²) in [7, 11) is 0. The third kappa shape index (κ3) is 37.0. The van der Waals surface area contributed by atoms with Crippen molar-refractivity contribution >= 4 is 12.3 Å². The Morgan fingerprint density at radius 2 is 1.05 bits per heavy atom. The van der Waals surface area contributed by atoms with Gasteiger partial charge in [-0.05, 0) is 6.42 Å². The summed E-state index contributed by atoms with van der Waals surface area (Å²) in [5.41, 5.74) is 0. The van der Waals surface area contributed by atoms with Crippen molar-refractivity contribution in [2.75, 3.05) is 92.4 Å². The summed E-state index contributed by atoms with van der Waals surface area (Å²) < 4.78 is 32.0. The lowest BCUT2D eigenvalue weighted by atomic mass is 10.1. The number of aliphatic hydroxyl groups excluding tert-OH is 2. The number of carboxylic acids is 1. The number of aldehydes is 1. The van der Waals surface area contributed by atoms with E-state index in [4.69, 9.17) is 33.5 Å². The van der Waals surface area contributed by atoms with E-state index in [1.807, 2.05) is 27.7 Å². The van der Waals surface area contributed by atoms with Gasteiger partial charge in [-0.2, -0.15) is 0 Å². The van der Waals surface area contributed by atoms with E-state index in [9.17, 15) is 19.8 Å². The zero-order chi connectivity index (χ0) is 28.4. The van der Waals surface area contributed by atoms with Gasteiger partial charge in [0.05, 0.1) is 91.5 Å². The largest absolute Gasteiger partial charge is 0.481 e. The molecular formula is C25H53NO11. The van der Waals surface area contributed by atoms with Crippen LogP contribution in [0.2, 0.25) is 0 Å². The summed E-state index contributed by atoms with van der Waals surface area (Å²) in [6, 6.07) is 0. The second-order valence-corrected chi connectivity index (χ2v) is 6.90. The molecule has 0 saturated heterocycles. The fourth-order valence-electron chi connectivity index (χ4n) is 2.33. The zero-order valence-corrected chi connectivity index (χ0v) is 23.4. The highest BCUT2D eigenvalue weighted by Gasteiger charge is 2.16. The maximum absolute atomic E-state index is 10.4. The van der Waals surface area contributed by atoms with Gasteiger partial charge in [0.2, 0.25) is 0 Å². The Balaban J connectivity index is -0.00000274. The molecule has 4 N–H and O–H groups in total. The SMILES string of the molecule is CC.CC.O=CCCOCCOCCOCCOCCOCCOCCNCC(O)C(O)CCC(=O)O. The average Bonchev–Trinajstić information content (AvgIpc) is 2.92. The van der Waals surface area contributed by atoms with Crippen molar-refractivity contribution in [3.63, 3.8) is 0 Å². The molecule has 12 heteroatoms. The van der Waals surface area contributed by atoms with E-state index in [2.05, 4.69) is 5.32 Å². The Kier molecular flexibility index (Phi) is 40.2. The van der Waals surface area contributed by atoms with E-state index in [1.54, 1.807) is 0 Å². The van der Waals surface area contributed by atoms with Gasteiger partial charge in [-0.1, -0.05) is 27.7 Å². The second kappa shape index (κ2) is 36.9. The minimum Gasteiger partial charge on any atom is -0.481 e. The molecular weight excluding hydrogens is 490 g/mol. The summed E-state index contributed by atoms with van der Waals surface area (Å²) in [6.07, 6.45) is -1.03. The van der Waals surface area contributed by atoms with Crippen LogP contribution in [0.1, 0.15) is 47.0 Å². The lowest BCUT2D eigenvalue weighted by Crippen LogP contribution is -2.37. The summed E-state index contributed by atoms with van der Waals surface area (Å²) in [5, 5.41) is 30.8. The minimum absolute atomic E-state index is 0.0134. The lowest BCUT2D eigenvalue weighted by molar-refractivity contribution is -0.138. The number of hydrogen-bond acceptors (Lipinski definition) is 11. The number of carbonyl (C=O) groups is 2. The van der Waals surface area contributed by atoms with E-state index in [1.165, 1.54) is 0 Å². The molecule has 0 aliphatic rings. The van der Waals surface area contributed by atoms with Crippen LogP contribution in [0, 0.1) is 0 Å². The zero-order valence-electron chi connectivity index (χ0n) is 23.4. The Bertz CT molecular complexity index is 445. The molecule has 12 nitrogen and oxygen atoms in total. The third-order valence-corrected chi connectivity index (χ3v) is 4.11. The van der Waals surface area contributed by atoms with Gasteiger partial charge < -0.3 is 53.9 Å². The normalized spacial score (nSPS) is 12.1. The standard InChI is InChI=1S/C21H41NO11.2C2H6/c23-5-1-6-28-8-10-30-12-14-32-16-17-33-15-13-31-11-9-29-7-4-22-18-20(25)19(24)2-3-21(26)27;2*1-2/h5,19-20,22,24-25H,1-4,6-18H2,(H,26,27);2*1-2H3. The Labute approximate surface area is 222 Å². The number of carbonyl (C=O) groups excluding carboxylic acids is 1. The van der Waals surface area contributed by atoms with Gasteiger partial charge in [0.1, 0.15) is 6.29 Å². The van der Waals surface area contributed by atoms with E-state index >= 15 is 0 Å². The molecule has 0 aliphatic heterocycles. The predicted molar refractivity (Wildman–Crippen MR) is 140 cm³/mol. The van der Waals surface area contributed by atoms with Gasteiger partial charge in [-0.25, -0.2) is 0 Å². The topological polar surface area (TPSA) is 162 Å². The van der Waals surface area contributed by atoms with E-state index in [0.29, 0.717) is 92.2 Å². The molecule has 0 aromatic rings. The van der Waals surface area contributed by atoms with Crippen LogP contribution >= 0.6 is 0 Å². The smallest absolute Gasteiger partial charge is 0.303 e. The number of hydrogen-bond donors (Lipinski definition) is 4. The maximum atomic E-state index is 10.4.